The van der Waals surface area contributed by atoms with E-state index in [1.807, 2.05) is 26.0 Å². The van der Waals surface area contributed by atoms with Crippen molar-refractivity contribution in [2.75, 3.05) is 12.0 Å². The monoisotopic (exact) mass is 386 g/mol. The molecule has 0 saturated carbocycles. The largest absolute Gasteiger partial charge is 0.467 e. The number of urea groups is 1. The molecule has 140 valence electrons. The first-order valence-corrected chi connectivity index (χ1v) is 8.99. The molecule has 0 unspecified atom stereocenters. The first-order chi connectivity index (χ1) is 12.8. The van der Waals surface area contributed by atoms with E-state index in [4.69, 9.17) is 21.1 Å². The van der Waals surface area contributed by atoms with Gasteiger partial charge >= 0.3 is 12.0 Å². The number of nitrogens with zero attached hydrogens (tertiary/aromatic N) is 1. The van der Waals surface area contributed by atoms with Gasteiger partial charge in [0.15, 0.2) is 5.72 Å². The lowest BCUT2D eigenvalue weighted by molar-refractivity contribution is 0.0376. The van der Waals surface area contributed by atoms with Crippen LogP contribution in [0.25, 0.3) is 0 Å². The Balaban J connectivity index is 1.78. The van der Waals surface area contributed by atoms with E-state index in [1.54, 1.807) is 29.2 Å². The van der Waals surface area contributed by atoms with E-state index in [0.29, 0.717) is 28.4 Å². The summed E-state index contributed by atoms with van der Waals surface area (Å²) in [4.78, 5) is 26.4. The average molecular weight is 387 g/mol. The predicted molar refractivity (Wildman–Crippen MR) is 101 cm³/mol. The molecule has 27 heavy (non-hydrogen) atoms. The lowest BCUT2D eigenvalue weighted by atomic mass is 9.89. The van der Waals surface area contributed by atoms with Gasteiger partial charge in [-0.3, -0.25) is 4.90 Å². The van der Waals surface area contributed by atoms with Crippen molar-refractivity contribution in [3.63, 3.8) is 0 Å². The summed E-state index contributed by atoms with van der Waals surface area (Å²) < 4.78 is 11.0. The van der Waals surface area contributed by atoms with Crippen molar-refractivity contribution in [1.29, 1.82) is 0 Å². The van der Waals surface area contributed by atoms with E-state index >= 15 is 0 Å². The highest BCUT2D eigenvalue weighted by Gasteiger charge is 2.50. The number of carbonyl (C=O) groups is 2. The van der Waals surface area contributed by atoms with Gasteiger partial charge in [0, 0.05) is 17.0 Å². The van der Waals surface area contributed by atoms with Crippen LogP contribution in [0.2, 0.25) is 5.02 Å². The number of hydrogen-bond donors (Lipinski definition) is 1. The van der Waals surface area contributed by atoms with E-state index < -0.39 is 11.7 Å². The number of rotatable bonds is 2. The summed E-state index contributed by atoms with van der Waals surface area (Å²) in [6, 6.07) is 10.0. The van der Waals surface area contributed by atoms with Gasteiger partial charge in [-0.05, 0) is 49.7 Å². The standard InChI is InChI=1S/C20H19ClN2O4/c1-11-14(21)5-4-6-16(11)23-19(25)22-15-10-20(23,2)27-17-8-7-12(9-13(15)17)18(24)26-3/h4-9,15H,10H2,1-3H3,(H,22,25)/t15-,20-/m1/s1. The molecule has 6 nitrogen and oxygen atoms in total. The van der Waals surface area contributed by atoms with Crippen molar-refractivity contribution in [3.8, 4) is 5.75 Å². The normalized spacial score (nSPS) is 23.2. The van der Waals surface area contributed by atoms with Gasteiger partial charge < -0.3 is 14.8 Å². The second-order valence-corrected chi connectivity index (χ2v) is 7.35. The Labute approximate surface area is 162 Å². The van der Waals surface area contributed by atoms with Crippen LogP contribution in [0.15, 0.2) is 36.4 Å². The number of methoxy groups -OCH3 is 1. The van der Waals surface area contributed by atoms with E-state index in [0.717, 1.165) is 11.1 Å². The Hall–Kier alpha value is -2.73. The maximum Gasteiger partial charge on any atom is 0.337 e. The summed E-state index contributed by atoms with van der Waals surface area (Å²) in [6.07, 6.45) is 0.530. The first kappa shape index (κ1) is 17.7. The van der Waals surface area contributed by atoms with Gasteiger partial charge in [0.25, 0.3) is 0 Å². The van der Waals surface area contributed by atoms with Crippen molar-refractivity contribution < 1.29 is 19.1 Å². The number of esters is 1. The van der Waals surface area contributed by atoms with E-state index in [1.165, 1.54) is 7.11 Å². The number of amides is 2. The number of fused-ring (bicyclic) bond motifs is 4. The third-order valence-corrected chi connectivity index (χ3v) is 5.58. The summed E-state index contributed by atoms with van der Waals surface area (Å²) in [5.74, 6) is 0.204. The highest BCUT2D eigenvalue weighted by Crippen LogP contribution is 2.46. The summed E-state index contributed by atoms with van der Waals surface area (Å²) in [5.41, 5.74) is 1.83. The minimum Gasteiger partial charge on any atom is -0.467 e. The van der Waals surface area contributed by atoms with Crippen LogP contribution in [0.4, 0.5) is 10.5 Å². The van der Waals surface area contributed by atoms with Crippen LogP contribution < -0.4 is 15.0 Å². The predicted octanol–water partition coefficient (Wildman–Crippen LogP) is 4.20. The molecule has 7 heteroatoms. The molecule has 0 spiro atoms. The molecule has 2 aliphatic heterocycles. The molecule has 0 aliphatic carbocycles. The van der Waals surface area contributed by atoms with Gasteiger partial charge in [-0.15, -0.1) is 0 Å². The maximum absolute atomic E-state index is 13.0. The summed E-state index contributed by atoms with van der Waals surface area (Å²) >= 11 is 6.26. The van der Waals surface area contributed by atoms with Crippen molar-refractivity contribution in [2.24, 2.45) is 0 Å². The quantitative estimate of drug-likeness (QED) is 0.785. The minimum atomic E-state index is -0.873. The highest BCUT2D eigenvalue weighted by atomic mass is 35.5. The minimum absolute atomic E-state index is 0.258. The third kappa shape index (κ3) is 2.72. The fourth-order valence-electron chi connectivity index (χ4n) is 3.82. The Morgan fingerprint density at radius 3 is 2.89 bits per heavy atom. The Morgan fingerprint density at radius 2 is 2.15 bits per heavy atom. The summed E-state index contributed by atoms with van der Waals surface area (Å²) in [6.45, 7) is 3.76. The zero-order valence-electron chi connectivity index (χ0n) is 15.2. The van der Waals surface area contributed by atoms with Gasteiger partial charge in [-0.25, -0.2) is 9.59 Å². The highest BCUT2D eigenvalue weighted by molar-refractivity contribution is 6.31. The lowest BCUT2D eigenvalue weighted by Crippen LogP contribution is -2.65. The molecule has 2 atom stereocenters. The molecule has 1 fully saturated rings. The van der Waals surface area contributed by atoms with Gasteiger partial charge in [-0.2, -0.15) is 0 Å². The topological polar surface area (TPSA) is 67.9 Å². The molecular weight excluding hydrogens is 368 g/mol. The van der Waals surface area contributed by atoms with E-state index in [9.17, 15) is 9.59 Å². The molecule has 2 amide bonds. The maximum atomic E-state index is 13.0. The number of carbonyl (C=O) groups excluding carboxylic acids is 2. The van der Waals surface area contributed by atoms with Gasteiger partial charge in [0.05, 0.1) is 24.4 Å². The van der Waals surface area contributed by atoms with Gasteiger partial charge in [0.2, 0.25) is 0 Å². The second-order valence-electron chi connectivity index (χ2n) is 6.95. The van der Waals surface area contributed by atoms with Crippen LogP contribution in [0, 0.1) is 6.92 Å². The molecular formula is C20H19ClN2O4. The number of hydrogen-bond acceptors (Lipinski definition) is 4. The van der Waals surface area contributed by atoms with Crippen molar-refractivity contribution >= 4 is 29.3 Å². The van der Waals surface area contributed by atoms with Crippen LogP contribution in [-0.2, 0) is 4.74 Å². The Bertz CT molecular complexity index is 961. The van der Waals surface area contributed by atoms with Crippen molar-refractivity contribution in [1.82, 2.24) is 5.32 Å². The van der Waals surface area contributed by atoms with Crippen LogP contribution >= 0.6 is 11.6 Å². The summed E-state index contributed by atoms with van der Waals surface area (Å²) in [7, 11) is 1.34. The zero-order chi connectivity index (χ0) is 19.3. The molecule has 2 aromatic rings. The average Bonchev–Trinajstić information content (AvgIpc) is 2.63. The molecule has 0 aromatic heterocycles. The fourth-order valence-corrected chi connectivity index (χ4v) is 3.99. The number of benzene rings is 2. The molecule has 2 aromatic carbocycles. The summed E-state index contributed by atoms with van der Waals surface area (Å²) in [5, 5.41) is 3.61. The molecule has 0 radical (unpaired) electrons. The number of halogens is 1. The molecule has 4 rings (SSSR count). The number of ether oxygens (including phenoxy) is 2. The van der Waals surface area contributed by atoms with Crippen molar-refractivity contribution in [3.05, 3.63) is 58.1 Å². The van der Waals surface area contributed by atoms with E-state index in [2.05, 4.69) is 5.32 Å². The van der Waals surface area contributed by atoms with Crippen molar-refractivity contribution in [2.45, 2.75) is 32.0 Å². The first-order valence-electron chi connectivity index (χ1n) is 8.61. The molecule has 2 bridgehead atoms. The molecule has 1 N–H and O–H groups in total. The Kier molecular flexibility index (Phi) is 4.03. The van der Waals surface area contributed by atoms with Crippen LogP contribution in [-0.4, -0.2) is 24.8 Å². The lowest BCUT2D eigenvalue weighted by Gasteiger charge is -2.51. The smallest absolute Gasteiger partial charge is 0.337 e. The molecule has 2 aliphatic rings. The SMILES string of the molecule is COC(=O)c1ccc2c(c1)[C@H]1C[C@@](C)(O2)N(c2cccc(Cl)c2C)C(=O)N1. The van der Waals surface area contributed by atoms with E-state index in [-0.39, 0.29) is 12.1 Å². The van der Waals surface area contributed by atoms with Gasteiger partial charge in [0.1, 0.15) is 5.75 Å². The van der Waals surface area contributed by atoms with Crippen LogP contribution in [0.1, 0.15) is 40.9 Å². The molecule has 2 heterocycles. The van der Waals surface area contributed by atoms with Crippen LogP contribution in [0.3, 0.4) is 0 Å². The fraction of sp³-hybridized carbons (Fsp3) is 0.300. The third-order valence-electron chi connectivity index (χ3n) is 5.17. The Morgan fingerprint density at radius 1 is 1.37 bits per heavy atom. The number of nitrogens with one attached hydrogen (secondary N) is 1. The second kappa shape index (κ2) is 6.16. The molecule has 1 saturated heterocycles. The van der Waals surface area contributed by atoms with Crippen LogP contribution in [0.5, 0.6) is 5.75 Å². The zero-order valence-corrected chi connectivity index (χ0v) is 16.0. The van der Waals surface area contributed by atoms with Gasteiger partial charge in [-0.1, -0.05) is 17.7 Å². The number of anilines is 1.